The van der Waals surface area contributed by atoms with Gasteiger partial charge in [-0.15, -0.1) is 24.0 Å². The van der Waals surface area contributed by atoms with Gasteiger partial charge in [-0.05, 0) is 37.6 Å². The number of guanidine groups is 1. The maximum Gasteiger partial charge on any atom is 0.284 e. The van der Waals surface area contributed by atoms with Crippen molar-refractivity contribution in [1.82, 2.24) is 10.6 Å². The van der Waals surface area contributed by atoms with Crippen LogP contribution in [-0.2, 0) is 6.54 Å². The second-order valence-electron chi connectivity index (χ2n) is 6.47. The second kappa shape index (κ2) is 10.4. The van der Waals surface area contributed by atoms with E-state index >= 15 is 0 Å². The largest absolute Gasteiger partial charge is 0.454 e. The average Bonchev–Trinajstić information content (AvgIpc) is 3.29. The normalized spacial score (nSPS) is 16.4. The molecular weight excluding hydrogens is 495 g/mol. The summed E-state index contributed by atoms with van der Waals surface area (Å²) in [6, 6.07) is 7.00. The Balaban J connectivity index is 0.00000300. The molecule has 2 heterocycles. The fourth-order valence-corrected chi connectivity index (χ4v) is 3.14. The lowest BCUT2D eigenvalue weighted by Gasteiger charge is -2.21. The molecule has 1 unspecified atom stereocenters. The van der Waals surface area contributed by atoms with E-state index in [1.54, 1.807) is 11.0 Å². The zero-order valence-electron chi connectivity index (χ0n) is 16.0. The molecule has 1 saturated heterocycles. The first-order chi connectivity index (χ1) is 13.5. The van der Waals surface area contributed by atoms with Crippen LogP contribution >= 0.6 is 24.0 Å². The number of nitrogens with two attached hydrogens (primary N) is 1. The SMILES string of the molecule is CCNC(=NCc1ccc(C(N)=O)o1)NC1CCN(c2c(F)cccc2F)C1.I. The van der Waals surface area contributed by atoms with E-state index in [1.165, 1.54) is 24.3 Å². The van der Waals surface area contributed by atoms with E-state index in [0.717, 1.165) is 0 Å². The summed E-state index contributed by atoms with van der Waals surface area (Å²) < 4.78 is 33.3. The number of rotatable bonds is 6. The molecule has 7 nitrogen and oxygen atoms in total. The summed E-state index contributed by atoms with van der Waals surface area (Å²) in [4.78, 5) is 17.2. The molecule has 158 valence electrons. The quantitative estimate of drug-likeness (QED) is 0.310. The highest BCUT2D eigenvalue weighted by Crippen LogP contribution is 2.26. The highest BCUT2D eigenvalue weighted by molar-refractivity contribution is 14.0. The molecule has 1 amide bonds. The Morgan fingerprint density at radius 1 is 1.31 bits per heavy atom. The van der Waals surface area contributed by atoms with Gasteiger partial charge in [-0.3, -0.25) is 4.79 Å². The van der Waals surface area contributed by atoms with Gasteiger partial charge in [-0.1, -0.05) is 6.07 Å². The summed E-state index contributed by atoms with van der Waals surface area (Å²) in [6.07, 6.45) is 0.713. The number of anilines is 1. The maximum atomic E-state index is 14.0. The average molecular weight is 519 g/mol. The van der Waals surface area contributed by atoms with Gasteiger partial charge in [0.25, 0.3) is 5.91 Å². The predicted octanol–water partition coefficient (Wildman–Crippen LogP) is 2.61. The molecule has 2 aromatic rings. The van der Waals surface area contributed by atoms with Crippen LogP contribution in [0.4, 0.5) is 14.5 Å². The number of hydrogen-bond donors (Lipinski definition) is 3. The van der Waals surface area contributed by atoms with Gasteiger partial charge in [0.05, 0.1) is 0 Å². The van der Waals surface area contributed by atoms with Crippen LogP contribution in [0, 0.1) is 11.6 Å². The minimum absolute atomic E-state index is 0. The molecule has 0 radical (unpaired) electrons. The van der Waals surface area contributed by atoms with E-state index < -0.39 is 17.5 Å². The number of amides is 1. The van der Waals surface area contributed by atoms with E-state index in [1.807, 2.05) is 6.92 Å². The van der Waals surface area contributed by atoms with Crippen LogP contribution < -0.4 is 21.3 Å². The lowest BCUT2D eigenvalue weighted by molar-refractivity contribution is 0.0972. The Morgan fingerprint density at radius 3 is 2.66 bits per heavy atom. The third kappa shape index (κ3) is 5.81. The van der Waals surface area contributed by atoms with Crippen LogP contribution in [0.5, 0.6) is 0 Å². The standard InChI is InChI=1S/C19H23F2N5O2.HI/c1-2-23-19(24-10-13-6-7-16(28-13)18(22)27)25-12-8-9-26(11-12)17-14(20)4-3-5-15(17)21;/h3-7,12H,2,8-11H2,1H3,(H2,22,27)(H2,23,24,25);1H. The fraction of sp³-hybridized carbons (Fsp3) is 0.368. The van der Waals surface area contributed by atoms with Crippen molar-refractivity contribution in [1.29, 1.82) is 0 Å². The number of furan rings is 1. The highest BCUT2D eigenvalue weighted by atomic mass is 127. The molecular formula is C19H24F2IN5O2. The van der Waals surface area contributed by atoms with E-state index in [2.05, 4.69) is 15.6 Å². The van der Waals surface area contributed by atoms with Gasteiger partial charge >= 0.3 is 0 Å². The lowest BCUT2D eigenvalue weighted by atomic mass is 10.2. The molecule has 1 aromatic carbocycles. The summed E-state index contributed by atoms with van der Waals surface area (Å²) >= 11 is 0. The molecule has 0 bridgehead atoms. The Labute approximate surface area is 184 Å². The first-order valence-corrected chi connectivity index (χ1v) is 9.10. The van der Waals surface area contributed by atoms with Gasteiger partial charge in [0.15, 0.2) is 11.7 Å². The number of nitrogens with zero attached hydrogens (tertiary/aromatic N) is 2. The molecule has 0 saturated carbocycles. The van der Waals surface area contributed by atoms with Crippen LogP contribution in [0.2, 0.25) is 0 Å². The fourth-order valence-electron chi connectivity index (χ4n) is 3.14. The van der Waals surface area contributed by atoms with Gasteiger partial charge < -0.3 is 25.7 Å². The predicted molar refractivity (Wildman–Crippen MR) is 118 cm³/mol. The lowest BCUT2D eigenvalue weighted by Crippen LogP contribution is -2.44. The van der Waals surface area contributed by atoms with Gasteiger partial charge in [-0.25, -0.2) is 13.8 Å². The van der Waals surface area contributed by atoms with E-state index in [9.17, 15) is 13.6 Å². The summed E-state index contributed by atoms with van der Waals surface area (Å²) in [6.45, 7) is 3.80. The van der Waals surface area contributed by atoms with Gasteiger partial charge in [0.2, 0.25) is 0 Å². The Kier molecular flexibility index (Phi) is 8.23. The Bertz CT molecular complexity index is 854. The van der Waals surface area contributed by atoms with Gasteiger partial charge in [0, 0.05) is 25.7 Å². The number of carbonyl (C=O) groups is 1. The molecule has 4 N–H and O–H groups in total. The number of hydrogen-bond acceptors (Lipinski definition) is 4. The van der Waals surface area contributed by atoms with Crippen molar-refractivity contribution in [3.63, 3.8) is 0 Å². The van der Waals surface area contributed by atoms with Crippen LogP contribution in [0.3, 0.4) is 0 Å². The maximum absolute atomic E-state index is 14.0. The van der Waals surface area contributed by atoms with E-state index in [0.29, 0.717) is 37.8 Å². The zero-order valence-corrected chi connectivity index (χ0v) is 18.3. The van der Waals surface area contributed by atoms with Gasteiger partial charge in [0.1, 0.15) is 29.6 Å². The second-order valence-corrected chi connectivity index (χ2v) is 6.47. The number of benzene rings is 1. The number of para-hydroxylation sites is 1. The van der Waals surface area contributed by atoms with Crippen LogP contribution in [-0.4, -0.2) is 37.5 Å². The first kappa shape index (κ1) is 22.9. The van der Waals surface area contributed by atoms with Gasteiger partial charge in [-0.2, -0.15) is 0 Å². The van der Waals surface area contributed by atoms with Crippen molar-refractivity contribution in [2.75, 3.05) is 24.5 Å². The number of primary amides is 1. The molecule has 1 aromatic heterocycles. The summed E-state index contributed by atoms with van der Waals surface area (Å²) in [7, 11) is 0. The number of aliphatic imine (C=N–C) groups is 1. The number of carbonyl (C=O) groups excluding carboxylic acids is 1. The smallest absolute Gasteiger partial charge is 0.284 e. The Hall–Kier alpha value is -2.37. The zero-order chi connectivity index (χ0) is 20.1. The molecule has 10 heteroatoms. The number of halogens is 3. The molecule has 29 heavy (non-hydrogen) atoms. The topological polar surface area (TPSA) is 95.9 Å². The number of nitrogens with one attached hydrogen (secondary N) is 2. The minimum atomic E-state index is -0.633. The minimum Gasteiger partial charge on any atom is -0.454 e. The monoisotopic (exact) mass is 519 g/mol. The van der Waals surface area contributed by atoms with Crippen molar-refractivity contribution in [2.45, 2.75) is 25.9 Å². The Morgan fingerprint density at radius 2 is 2.03 bits per heavy atom. The third-order valence-electron chi connectivity index (χ3n) is 4.42. The van der Waals surface area contributed by atoms with Crippen molar-refractivity contribution >= 4 is 41.5 Å². The van der Waals surface area contributed by atoms with Crippen LogP contribution in [0.1, 0.15) is 29.7 Å². The summed E-state index contributed by atoms with van der Waals surface area (Å²) in [5.41, 5.74) is 5.17. The molecule has 0 aliphatic carbocycles. The summed E-state index contributed by atoms with van der Waals surface area (Å²) in [5, 5.41) is 6.40. The molecule has 1 atom stereocenters. The molecule has 1 aliphatic heterocycles. The molecule has 1 aliphatic rings. The first-order valence-electron chi connectivity index (χ1n) is 9.10. The molecule has 1 fully saturated rings. The summed E-state index contributed by atoms with van der Waals surface area (Å²) in [5.74, 6) is -0.616. The third-order valence-corrected chi connectivity index (χ3v) is 4.42. The van der Waals surface area contributed by atoms with Crippen molar-refractivity contribution in [3.8, 4) is 0 Å². The highest BCUT2D eigenvalue weighted by Gasteiger charge is 2.27. The van der Waals surface area contributed by atoms with Crippen molar-refractivity contribution in [2.24, 2.45) is 10.7 Å². The molecule has 3 rings (SSSR count). The van der Waals surface area contributed by atoms with Crippen LogP contribution in [0.15, 0.2) is 39.7 Å². The van der Waals surface area contributed by atoms with Crippen LogP contribution in [0.25, 0.3) is 0 Å². The molecule has 0 spiro atoms. The van der Waals surface area contributed by atoms with Crippen molar-refractivity contribution < 1.29 is 18.0 Å². The van der Waals surface area contributed by atoms with E-state index in [-0.39, 0.29) is 48.0 Å². The van der Waals surface area contributed by atoms with Crippen molar-refractivity contribution in [3.05, 3.63) is 53.5 Å². The van der Waals surface area contributed by atoms with E-state index in [4.69, 9.17) is 10.2 Å².